The molecule has 0 saturated carbocycles. The van der Waals surface area contributed by atoms with E-state index in [0.717, 1.165) is 43.1 Å². The van der Waals surface area contributed by atoms with E-state index >= 15 is 0 Å². The number of piperazine rings is 1. The lowest BCUT2D eigenvalue weighted by Crippen LogP contribution is -2.53. The van der Waals surface area contributed by atoms with Gasteiger partial charge < -0.3 is 15.5 Å². The quantitative estimate of drug-likeness (QED) is 0.680. The summed E-state index contributed by atoms with van der Waals surface area (Å²) >= 11 is 0. The summed E-state index contributed by atoms with van der Waals surface area (Å²) in [4.78, 5) is 24.4. The number of carbonyl (C=O) groups is 1. The zero-order chi connectivity index (χ0) is 22.0. The Morgan fingerprint density at radius 1 is 1.10 bits per heavy atom. The first-order valence-corrected chi connectivity index (χ1v) is 10.4. The molecule has 0 bridgehead atoms. The third-order valence-electron chi connectivity index (χ3n) is 5.91. The number of hydrogen-bond donors (Lipinski definition) is 1. The smallest absolute Gasteiger partial charge is 0.268 e. The summed E-state index contributed by atoms with van der Waals surface area (Å²) in [7, 11) is 0. The summed E-state index contributed by atoms with van der Waals surface area (Å²) in [6.07, 6.45) is 3.84. The number of aromatic nitrogens is 4. The predicted molar refractivity (Wildman–Crippen MR) is 120 cm³/mol. The molecule has 3 aromatic rings. The van der Waals surface area contributed by atoms with Gasteiger partial charge in [-0.3, -0.25) is 9.78 Å². The molecule has 31 heavy (non-hydrogen) atoms. The number of nitrogens with two attached hydrogens (primary N) is 1. The molecule has 0 aliphatic carbocycles. The molecule has 1 saturated heterocycles. The van der Waals surface area contributed by atoms with Crippen LogP contribution >= 0.6 is 0 Å². The van der Waals surface area contributed by atoms with Crippen molar-refractivity contribution in [2.45, 2.75) is 33.2 Å². The maximum atomic E-state index is 11.4. The first-order valence-electron chi connectivity index (χ1n) is 10.4. The number of rotatable bonds is 5. The van der Waals surface area contributed by atoms with Crippen LogP contribution in [0.4, 0.5) is 11.6 Å². The van der Waals surface area contributed by atoms with Gasteiger partial charge in [0.15, 0.2) is 5.82 Å². The summed E-state index contributed by atoms with van der Waals surface area (Å²) in [6, 6.07) is 10.5. The zero-order valence-electron chi connectivity index (χ0n) is 18.1. The minimum absolute atomic E-state index is 0.164. The van der Waals surface area contributed by atoms with Crippen LogP contribution in [0.15, 0.2) is 42.7 Å². The summed E-state index contributed by atoms with van der Waals surface area (Å²) in [6.45, 7) is 8.66. The third kappa shape index (κ3) is 4.33. The Morgan fingerprint density at radius 2 is 1.87 bits per heavy atom. The monoisotopic (exact) mass is 417 g/mol. The summed E-state index contributed by atoms with van der Waals surface area (Å²) in [5.74, 6) is 1.02. The highest BCUT2D eigenvalue weighted by atomic mass is 16.1. The Morgan fingerprint density at radius 3 is 2.58 bits per heavy atom. The fourth-order valence-electron chi connectivity index (χ4n) is 4.00. The van der Waals surface area contributed by atoms with Crippen molar-refractivity contribution in [3.05, 3.63) is 70.8 Å². The highest BCUT2D eigenvalue weighted by Crippen LogP contribution is 2.26. The number of nitrogens with zero attached hydrogens (tertiary/aromatic N) is 6. The second-order valence-corrected chi connectivity index (χ2v) is 8.00. The molecule has 1 amide bonds. The van der Waals surface area contributed by atoms with E-state index in [1.165, 1.54) is 17.3 Å². The van der Waals surface area contributed by atoms with E-state index < -0.39 is 5.91 Å². The fourth-order valence-corrected chi connectivity index (χ4v) is 4.00. The van der Waals surface area contributed by atoms with Crippen LogP contribution in [-0.2, 0) is 6.42 Å². The highest BCUT2D eigenvalue weighted by Gasteiger charge is 2.28. The number of benzene rings is 1. The summed E-state index contributed by atoms with van der Waals surface area (Å²) in [5.41, 5.74) is 10.1. The van der Waals surface area contributed by atoms with Crippen molar-refractivity contribution in [3.63, 3.8) is 0 Å². The van der Waals surface area contributed by atoms with E-state index in [1.54, 1.807) is 6.20 Å². The van der Waals surface area contributed by atoms with Gasteiger partial charge in [-0.2, -0.15) is 5.10 Å². The van der Waals surface area contributed by atoms with Gasteiger partial charge in [0.2, 0.25) is 0 Å². The second kappa shape index (κ2) is 8.67. The molecule has 1 aromatic carbocycles. The minimum atomic E-state index is -0.572. The minimum Gasteiger partial charge on any atom is -0.364 e. The molecular weight excluding hydrogens is 390 g/mol. The van der Waals surface area contributed by atoms with Crippen molar-refractivity contribution in [1.29, 1.82) is 0 Å². The molecule has 1 fully saturated rings. The lowest BCUT2D eigenvalue weighted by atomic mass is 10.0. The SMILES string of the molecule is Cc1c(Cc2ccccc2)nnc(N2CCN(c3cncc(C(N)=O)n3)[C@H](C)C2)c1C. The average molecular weight is 418 g/mol. The molecule has 8 nitrogen and oxygen atoms in total. The molecule has 160 valence electrons. The lowest BCUT2D eigenvalue weighted by Gasteiger charge is -2.41. The normalized spacial score (nSPS) is 16.4. The zero-order valence-corrected chi connectivity index (χ0v) is 18.1. The standard InChI is InChI=1S/C23H27N7O/c1-15-14-29(9-10-30(15)21-13-25-12-20(26-21)22(24)31)23-17(3)16(2)19(27-28-23)11-18-7-5-4-6-8-18/h4-8,12-13,15H,9-11,14H2,1-3H3,(H2,24,31)/t15-/m1/s1. The summed E-state index contributed by atoms with van der Waals surface area (Å²) in [5, 5.41) is 9.16. The van der Waals surface area contributed by atoms with E-state index in [-0.39, 0.29) is 11.7 Å². The molecule has 4 rings (SSSR count). The van der Waals surface area contributed by atoms with Gasteiger partial charge in [-0.05, 0) is 37.5 Å². The molecule has 3 heterocycles. The molecule has 1 aliphatic heterocycles. The highest BCUT2D eigenvalue weighted by molar-refractivity contribution is 5.90. The van der Waals surface area contributed by atoms with E-state index in [2.05, 4.69) is 62.9 Å². The van der Waals surface area contributed by atoms with Crippen molar-refractivity contribution < 1.29 is 4.79 Å². The Labute approximate surface area is 182 Å². The van der Waals surface area contributed by atoms with E-state index in [4.69, 9.17) is 5.73 Å². The Hall–Kier alpha value is -3.55. The molecular formula is C23H27N7O. The number of hydrogen-bond acceptors (Lipinski definition) is 7. The Bertz CT molecular complexity index is 1090. The van der Waals surface area contributed by atoms with Gasteiger partial charge in [0.25, 0.3) is 5.91 Å². The van der Waals surface area contributed by atoms with E-state index in [9.17, 15) is 4.79 Å². The van der Waals surface area contributed by atoms with Crippen LogP contribution in [0, 0.1) is 13.8 Å². The van der Waals surface area contributed by atoms with Gasteiger partial charge in [0, 0.05) is 32.1 Å². The topological polar surface area (TPSA) is 101 Å². The summed E-state index contributed by atoms with van der Waals surface area (Å²) < 4.78 is 0. The Kier molecular flexibility index (Phi) is 5.79. The third-order valence-corrected chi connectivity index (χ3v) is 5.91. The number of primary amides is 1. The maximum absolute atomic E-state index is 11.4. The van der Waals surface area contributed by atoms with Crippen LogP contribution in [-0.4, -0.2) is 51.7 Å². The fraction of sp³-hybridized carbons (Fsp3) is 0.348. The van der Waals surface area contributed by atoms with Gasteiger partial charge in [-0.1, -0.05) is 30.3 Å². The Balaban J connectivity index is 1.51. The molecule has 2 aromatic heterocycles. The van der Waals surface area contributed by atoms with Crippen LogP contribution < -0.4 is 15.5 Å². The second-order valence-electron chi connectivity index (χ2n) is 8.00. The van der Waals surface area contributed by atoms with Crippen molar-refractivity contribution in [1.82, 2.24) is 20.2 Å². The van der Waals surface area contributed by atoms with E-state index in [1.807, 2.05) is 18.2 Å². The number of amides is 1. The lowest BCUT2D eigenvalue weighted by molar-refractivity contribution is 0.0995. The molecule has 0 unspecified atom stereocenters. The first-order chi connectivity index (χ1) is 14.9. The first kappa shape index (κ1) is 20.7. The van der Waals surface area contributed by atoms with Crippen LogP contribution in [0.3, 0.4) is 0 Å². The van der Waals surface area contributed by atoms with Crippen molar-refractivity contribution in [3.8, 4) is 0 Å². The number of carbonyl (C=O) groups excluding carboxylic acids is 1. The number of anilines is 2. The van der Waals surface area contributed by atoms with Crippen LogP contribution in [0.2, 0.25) is 0 Å². The van der Waals surface area contributed by atoms with Gasteiger partial charge in [-0.15, -0.1) is 5.10 Å². The van der Waals surface area contributed by atoms with E-state index in [0.29, 0.717) is 5.82 Å². The van der Waals surface area contributed by atoms with Gasteiger partial charge in [-0.25, -0.2) is 4.98 Å². The molecule has 0 radical (unpaired) electrons. The maximum Gasteiger partial charge on any atom is 0.268 e. The van der Waals surface area contributed by atoms with Crippen molar-refractivity contribution in [2.24, 2.45) is 5.73 Å². The van der Waals surface area contributed by atoms with Crippen LogP contribution in [0.5, 0.6) is 0 Å². The van der Waals surface area contributed by atoms with Crippen molar-refractivity contribution in [2.75, 3.05) is 29.4 Å². The molecule has 2 N–H and O–H groups in total. The van der Waals surface area contributed by atoms with Gasteiger partial charge >= 0.3 is 0 Å². The molecule has 0 spiro atoms. The van der Waals surface area contributed by atoms with Crippen LogP contribution in [0.25, 0.3) is 0 Å². The molecule has 8 heteroatoms. The van der Waals surface area contributed by atoms with Crippen molar-refractivity contribution >= 4 is 17.5 Å². The molecule has 1 atom stereocenters. The van der Waals surface area contributed by atoms with Gasteiger partial charge in [0.05, 0.1) is 18.1 Å². The van der Waals surface area contributed by atoms with Crippen LogP contribution in [0.1, 0.15) is 39.8 Å². The molecule has 1 aliphatic rings. The average Bonchev–Trinajstić information content (AvgIpc) is 2.78. The predicted octanol–water partition coefficient (Wildman–Crippen LogP) is 2.29. The largest absolute Gasteiger partial charge is 0.364 e. The van der Waals surface area contributed by atoms with Gasteiger partial charge in [0.1, 0.15) is 11.5 Å².